The van der Waals surface area contributed by atoms with E-state index in [1.807, 2.05) is 0 Å². The molecule has 0 unspecified atom stereocenters. The second-order valence-corrected chi connectivity index (χ2v) is 5.64. The van der Waals surface area contributed by atoms with Gasteiger partial charge in [-0.2, -0.15) is 4.98 Å². The topological polar surface area (TPSA) is 47.0 Å². The Bertz CT molecular complexity index is 406. The molecule has 0 amide bonds. The van der Waals surface area contributed by atoms with E-state index in [-0.39, 0.29) is 0 Å². The van der Waals surface area contributed by atoms with Crippen LogP contribution in [0.3, 0.4) is 0 Å². The molecular formula is C14H22ClN3O. The van der Waals surface area contributed by atoms with Crippen molar-refractivity contribution in [3.8, 4) is 6.01 Å². The van der Waals surface area contributed by atoms with Gasteiger partial charge in [-0.3, -0.25) is 0 Å². The van der Waals surface area contributed by atoms with Crippen molar-refractivity contribution in [1.29, 1.82) is 0 Å². The summed E-state index contributed by atoms with van der Waals surface area (Å²) in [5.74, 6) is 2.32. The van der Waals surface area contributed by atoms with Crippen LogP contribution >= 0.6 is 11.6 Å². The normalized spacial score (nSPS) is 23.1. The minimum Gasteiger partial charge on any atom is -0.467 e. The summed E-state index contributed by atoms with van der Waals surface area (Å²) in [6.07, 6.45) is 8.18. The Morgan fingerprint density at radius 1 is 1.32 bits per heavy atom. The maximum atomic E-state index is 6.07. The maximum absolute atomic E-state index is 6.07. The van der Waals surface area contributed by atoms with Gasteiger partial charge in [-0.15, -0.1) is 0 Å². The highest BCUT2D eigenvalue weighted by Gasteiger charge is 2.20. The second kappa shape index (κ2) is 6.94. The van der Waals surface area contributed by atoms with Crippen LogP contribution < -0.4 is 10.1 Å². The fraction of sp³-hybridized carbons (Fsp3) is 0.714. The molecule has 1 aliphatic carbocycles. The van der Waals surface area contributed by atoms with E-state index >= 15 is 0 Å². The second-order valence-electron chi connectivity index (χ2n) is 5.23. The Morgan fingerprint density at radius 2 is 2.00 bits per heavy atom. The summed E-state index contributed by atoms with van der Waals surface area (Å²) < 4.78 is 5.01. The van der Waals surface area contributed by atoms with Crippen molar-refractivity contribution in [2.24, 2.45) is 11.8 Å². The van der Waals surface area contributed by atoms with Crippen molar-refractivity contribution < 1.29 is 4.74 Å². The number of nitrogens with zero attached hydrogens (tertiary/aromatic N) is 2. The van der Waals surface area contributed by atoms with Gasteiger partial charge >= 0.3 is 6.01 Å². The SMILES string of the molecule is CCC1CCC(CNc2nc(OC)ncc2Cl)CC1. The molecule has 106 valence electrons. The number of methoxy groups -OCH3 is 1. The van der Waals surface area contributed by atoms with Gasteiger partial charge in [0.1, 0.15) is 5.02 Å². The van der Waals surface area contributed by atoms with Gasteiger partial charge < -0.3 is 10.1 Å². The molecule has 0 saturated heterocycles. The van der Waals surface area contributed by atoms with E-state index in [2.05, 4.69) is 22.2 Å². The number of anilines is 1. The van der Waals surface area contributed by atoms with Crippen LogP contribution in [0.4, 0.5) is 5.82 Å². The molecule has 0 spiro atoms. The first kappa shape index (κ1) is 14.4. The van der Waals surface area contributed by atoms with Crippen LogP contribution in [0.2, 0.25) is 5.02 Å². The summed E-state index contributed by atoms with van der Waals surface area (Å²) in [5, 5.41) is 3.87. The van der Waals surface area contributed by atoms with Crippen LogP contribution in [0.25, 0.3) is 0 Å². The monoisotopic (exact) mass is 283 g/mol. The first-order valence-corrected chi connectivity index (χ1v) is 7.41. The number of ether oxygens (including phenoxy) is 1. The fourth-order valence-corrected chi connectivity index (χ4v) is 2.82. The van der Waals surface area contributed by atoms with Crippen LogP contribution in [0.1, 0.15) is 39.0 Å². The highest BCUT2D eigenvalue weighted by atomic mass is 35.5. The van der Waals surface area contributed by atoms with Crippen LogP contribution in [0.15, 0.2) is 6.20 Å². The van der Waals surface area contributed by atoms with Crippen molar-refractivity contribution in [3.63, 3.8) is 0 Å². The molecule has 1 fully saturated rings. The molecule has 0 atom stereocenters. The molecule has 1 saturated carbocycles. The van der Waals surface area contributed by atoms with Gasteiger partial charge in [-0.1, -0.05) is 37.8 Å². The van der Waals surface area contributed by atoms with Gasteiger partial charge in [0.15, 0.2) is 5.82 Å². The van der Waals surface area contributed by atoms with Gasteiger partial charge in [-0.05, 0) is 24.7 Å². The van der Waals surface area contributed by atoms with E-state index in [1.54, 1.807) is 13.3 Å². The first-order valence-electron chi connectivity index (χ1n) is 7.03. The average molecular weight is 284 g/mol. The molecule has 1 N–H and O–H groups in total. The molecular weight excluding hydrogens is 262 g/mol. The number of aromatic nitrogens is 2. The molecule has 2 rings (SSSR count). The number of hydrogen-bond acceptors (Lipinski definition) is 4. The van der Waals surface area contributed by atoms with Crippen molar-refractivity contribution in [2.45, 2.75) is 39.0 Å². The maximum Gasteiger partial charge on any atom is 0.318 e. The summed E-state index contributed by atoms with van der Waals surface area (Å²) in [6.45, 7) is 3.21. The number of halogens is 1. The average Bonchev–Trinajstić information content (AvgIpc) is 2.47. The molecule has 1 aromatic heterocycles. The molecule has 0 bridgehead atoms. The minimum absolute atomic E-state index is 0.349. The van der Waals surface area contributed by atoms with Gasteiger partial charge in [0, 0.05) is 6.54 Å². The Morgan fingerprint density at radius 3 is 2.63 bits per heavy atom. The Hall–Kier alpha value is -1.03. The lowest BCUT2D eigenvalue weighted by Crippen LogP contribution is -2.21. The Labute approximate surface area is 119 Å². The highest BCUT2D eigenvalue weighted by molar-refractivity contribution is 6.32. The van der Waals surface area contributed by atoms with Gasteiger partial charge in [0.2, 0.25) is 0 Å². The van der Waals surface area contributed by atoms with Gasteiger partial charge in [0.05, 0.1) is 13.3 Å². The zero-order chi connectivity index (χ0) is 13.7. The molecule has 4 nitrogen and oxygen atoms in total. The van der Waals surface area contributed by atoms with Crippen molar-refractivity contribution >= 4 is 17.4 Å². The molecule has 1 aliphatic rings. The summed E-state index contributed by atoms with van der Waals surface area (Å²) in [4.78, 5) is 8.20. The van der Waals surface area contributed by atoms with Crippen LogP contribution in [0.5, 0.6) is 6.01 Å². The fourth-order valence-electron chi connectivity index (χ4n) is 2.66. The quantitative estimate of drug-likeness (QED) is 0.894. The predicted octanol–water partition coefficient (Wildman–Crippen LogP) is 3.77. The van der Waals surface area contributed by atoms with E-state index in [0.717, 1.165) is 18.4 Å². The Kier molecular flexibility index (Phi) is 5.25. The standard InChI is InChI=1S/C14H22ClN3O/c1-3-10-4-6-11(7-5-10)8-16-13-12(15)9-17-14(18-13)19-2/h9-11H,3-8H2,1-2H3,(H,16,17,18). The van der Waals surface area contributed by atoms with Crippen LogP contribution in [0, 0.1) is 11.8 Å². The first-order chi connectivity index (χ1) is 9.22. The molecule has 0 aromatic carbocycles. The largest absolute Gasteiger partial charge is 0.467 e. The van der Waals surface area contributed by atoms with E-state index in [4.69, 9.17) is 16.3 Å². The summed E-state index contributed by atoms with van der Waals surface area (Å²) in [7, 11) is 1.55. The number of rotatable bonds is 5. The summed E-state index contributed by atoms with van der Waals surface area (Å²) in [6, 6.07) is 0.349. The zero-order valence-corrected chi connectivity index (χ0v) is 12.4. The van der Waals surface area contributed by atoms with Gasteiger partial charge in [-0.25, -0.2) is 4.98 Å². The Balaban J connectivity index is 1.85. The molecule has 0 radical (unpaired) electrons. The van der Waals surface area contributed by atoms with E-state index in [9.17, 15) is 0 Å². The van der Waals surface area contributed by atoms with E-state index in [1.165, 1.54) is 32.1 Å². The third-order valence-corrected chi connectivity index (χ3v) is 4.28. The molecule has 5 heteroatoms. The van der Waals surface area contributed by atoms with Crippen molar-refractivity contribution in [3.05, 3.63) is 11.2 Å². The van der Waals surface area contributed by atoms with Crippen molar-refractivity contribution in [1.82, 2.24) is 9.97 Å². The van der Waals surface area contributed by atoms with E-state index < -0.39 is 0 Å². The smallest absolute Gasteiger partial charge is 0.318 e. The molecule has 1 aromatic rings. The van der Waals surface area contributed by atoms with Gasteiger partial charge in [0.25, 0.3) is 0 Å². The highest BCUT2D eigenvalue weighted by Crippen LogP contribution is 2.31. The number of nitrogens with one attached hydrogen (secondary N) is 1. The minimum atomic E-state index is 0.349. The zero-order valence-electron chi connectivity index (χ0n) is 11.7. The number of hydrogen-bond donors (Lipinski definition) is 1. The van der Waals surface area contributed by atoms with Crippen molar-refractivity contribution in [2.75, 3.05) is 19.0 Å². The van der Waals surface area contributed by atoms with E-state index in [0.29, 0.717) is 16.9 Å². The van der Waals surface area contributed by atoms with Crippen LogP contribution in [-0.2, 0) is 0 Å². The molecule has 19 heavy (non-hydrogen) atoms. The molecule has 0 aliphatic heterocycles. The lowest BCUT2D eigenvalue weighted by molar-refractivity contribution is 0.278. The summed E-state index contributed by atoms with van der Waals surface area (Å²) in [5.41, 5.74) is 0. The third kappa shape index (κ3) is 3.96. The van der Waals surface area contributed by atoms with Crippen LogP contribution in [-0.4, -0.2) is 23.6 Å². The lowest BCUT2D eigenvalue weighted by atomic mass is 9.81. The molecule has 1 heterocycles. The lowest BCUT2D eigenvalue weighted by Gasteiger charge is -2.28. The summed E-state index contributed by atoms with van der Waals surface area (Å²) >= 11 is 6.07. The predicted molar refractivity (Wildman–Crippen MR) is 77.8 cm³/mol. The third-order valence-electron chi connectivity index (χ3n) is 4.01.